The largest absolute Gasteiger partial charge is 0.504 e. The molecule has 0 bridgehead atoms. The van der Waals surface area contributed by atoms with Crippen LogP contribution in [0.25, 0.3) is 0 Å². The fourth-order valence-corrected chi connectivity index (χ4v) is 1.72. The average Bonchev–Trinajstić information content (AvgIpc) is 2.30. The maximum atomic E-state index is 11.5. The Balaban J connectivity index is 2.42. The van der Waals surface area contributed by atoms with Crippen LogP contribution in [0.2, 0.25) is 0 Å². The first kappa shape index (κ1) is 13.6. The molecule has 1 aliphatic carbocycles. The maximum absolute atomic E-state index is 11.5. The highest BCUT2D eigenvalue weighted by molar-refractivity contribution is 5.81. The summed E-state index contributed by atoms with van der Waals surface area (Å²) in [5, 5.41) is 21.3. The van der Waals surface area contributed by atoms with E-state index < -0.39 is 6.04 Å². The van der Waals surface area contributed by atoms with Crippen molar-refractivity contribution in [3.63, 3.8) is 0 Å². The van der Waals surface area contributed by atoms with Crippen LogP contribution in [-0.4, -0.2) is 28.7 Å². The standard InChI is InChI=1S/C12H20N2O3/c1-2-5-14-12(17)9(13)6-8-3-4-10(15)11(16)7-8/h4,7-9,15-16H,2-3,5-6,13H2,1H3,(H,14,17). The van der Waals surface area contributed by atoms with Gasteiger partial charge in [-0.15, -0.1) is 0 Å². The molecular formula is C12H20N2O3. The quantitative estimate of drug-likeness (QED) is 0.579. The van der Waals surface area contributed by atoms with Gasteiger partial charge in [0.15, 0.2) is 11.5 Å². The van der Waals surface area contributed by atoms with Crippen molar-refractivity contribution in [1.29, 1.82) is 0 Å². The number of hydrogen-bond acceptors (Lipinski definition) is 4. The van der Waals surface area contributed by atoms with Gasteiger partial charge in [0, 0.05) is 6.54 Å². The molecule has 0 fully saturated rings. The van der Waals surface area contributed by atoms with Crippen LogP contribution in [0.15, 0.2) is 23.7 Å². The number of carbonyl (C=O) groups is 1. The van der Waals surface area contributed by atoms with Crippen molar-refractivity contribution in [2.75, 3.05) is 6.54 Å². The van der Waals surface area contributed by atoms with Crippen molar-refractivity contribution in [2.24, 2.45) is 11.7 Å². The number of allylic oxidation sites excluding steroid dienone is 2. The molecule has 5 heteroatoms. The van der Waals surface area contributed by atoms with E-state index in [4.69, 9.17) is 5.73 Å². The van der Waals surface area contributed by atoms with Gasteiger partial charge in [-0.25, -0.2) is 0 Å². The highest BCUT2D eigenvalue weighted by atomic mass is 16.3. The average molecular weight is 240 g/mol. The molecule has 0 heterocycles. The Labute approximate surface area is 101 Å². The maximum Gasteiger partial charge on any atom is 0.236 e. The molecule has 0 saturated heterocycles. The van der Waals surface area contributed by atoms with E-state index in [1.807, 2.05) is 6.92 Å². The van der Waals surface area contributed by atoms with Crippen LogP contribution in [0.5, 0.6) is 0 Å². The molecule has 1 rings (SSSR count). The Kier molecular flexibility index (Phi) is 5.03. The number of carbonyl (C=O) groups excluding carboxylic acids is 1. The van der Waals surface area contributed by atoms with Gasteiger partial charge < -0.3 is 21.3 Å². The SMILES string of the molecule is CCCNC(=O)C(N)CC1C=C(O)C(O)=CC1. The molecule has 2 unspecified atom stereocenters. The summed E-state index contributed by atoms with van der Waals surface area (Å²) in [6.45, 7) is 2.60. The molecule has 0 spiro atoms. The molecule has 0 aromatic rings. The second kappa shape index (κ2) is 6.30. The summed E-state index contributed by atoms with van der Waals surface area (Å²) in [4.78, 5) is 11.5. The smallest absolute Gasteiger partial charge is 0.236 e. The fraction of sp³-hybridized carbons (Fsp3) is 0.583. The van der Waals surface area contributed by atoms with Crippen molar-refractivity contribution in [2.45, 2.75) is 32.2 Å². The third-order valence-electron chi connectivity index (χ3n) is 2.71. The molecule has 17 heavy (non-hydrogen) atoms. The van der Waals surface area contributed by atoms with E-state index in [1.165, 1.54) is 6.08 Å². The van der Waals surface area contributed by atoms with E-state index in [0.29, 0.717) is 19.4 Å². The fourth-order valence-electron chi connectivity index (χ4n) is 1.72. The van der Waals surface area contributed by atoms with E-state index in [0.717, 1.165) is 6.42 Å². The summed E-state index contributed by atoms with van der Waals surface area (Å²) in [5.41, 5.74) is 5.76. The lowest BCUT2D eigenvalue weighted by molar-refractivity contribution is -0.122. The summed E-state index contributed by atoms with van der Waals surface area (Å²) in [7, 11) is 0. The second-order valence-electron chi connectivity index (χ2n) is 4.27. The van der Waals surface area contributed by atoms with E-state index >= 15 is 0 Å². The van der Waals surface area contributed by atoms with Gasteiger partial charge in [0.05, 0.1) is 6.04 Å². The van der Waals surface area contributed by atoms with Crippen molar-refractivity contribution in [3.8, 4) is 0 Å². The summed E-state index contributed by atoms with van der Waals surface area (Å²) in [5.74, 6) is -0.417. The molecule has 1 amide bonds. The number of nitrogens with one attached hydrogen (secondary N) is 1. The highest BCUT2D eigenvalue weighted by Gasteiger charge is 2.20. The Hall–Kier alpha value is -1.49. The summed E-state index contributed by atoms with van der Waals surface area (Å²) in [6.07, 6.45) is 5.01. The molecule has 0 aromatic carbocycles. The molecule has 1 aliphatic rings. The van der Waals surface area contributed by atoms with Crippen molar-refractivity contribution in [1.82, 2.24) is 5.32 Å². The number of nitrogens with two attached hydrogens (primary N) is 1. The third-order valence-corrected chi connectivity index (χ3v) is 2.71. The lowest BCUT2D eigenvalue weighted by atomic mass is 9.92. The molecule has 0 saturated carbocycles. The van der Waals surface area contributed by atoms with E-state index in [1.54, 1.807) is 6.08 Å². The van der Waals surface area contributed by atoms with E-state index in [-0.39, 0.29) is 23.3 Å². The highest BCUT2D eigenvalue weighted by Crippen LogP contribution is 2.22. The Bertz CT molecular complexity index is 337. The summed E-state index contributed by atoms with van der Waals surface area (Å²) >= 11 is 0. The molecule has 0 aliphatic heterocycles. The van der Waals surface area contributed by atoms with Crippen molar-refractivity contribution >= 4 is 5.91 Å². The molecule has 0 aromatic heterocycles. The van der Waals surface area contributed by atoms with Crippen LogP contribution in [0.3, 0.4) is 0 Å². The molecule has 5 N–H and O–H groups in total. The number of hydrogen-bond donors (Lipinski definition) is 4. The van der Waals surface area contributed by atoms with Gasteiger partial charge >= 0.3 is 0 Å². The molecule has 0 radical (unpaired) electrons. The van der Waals surface area contributed by atoms with Crippen molar-refractivity contribution < 1.29 is 15.0 Å². The molecule has 96 valence electrons. The van der Waals surface area contributed by atoms with Gasteiger partial charge in [0.25, 0.3) is 0 Å². The minimum absolute atomic E-state index is 0.00623. The first-order valence-electron chi connectivity index (χ1n) is 5.88. The predicted octanol–water partition coefficient (Wildman–Crippen LogP) is 1.13. The normalized spacial score (nSPS) is 21.4. The summed E-state index contributed by atoms with van der Waals surface area (Å²) in [6, 6.07) is -0.579. The number of aliphatic hydroxyl groups is 2. The van der Waals surface area contributed by atoms with Crippen LogP contribution in [0.4, 0.5) is 0 Å². The minimum atomic E-state index is -0.579. The number of rotatable bonds is 5. The molecule has 2 atom stereocenters. The number of aliphatic hydroxyl groups excluding tert-OH is 2. The zero-order chi connectivity index (χ0) is 12.8. The van der Waals surface area contributed by atoms with Crippen molar-refractivity contribution in [3.05, 3.63) is 23.7 Å². The van der Waals surface area contributed by atoms with Crippen LogP contribution < -0.4 is 11.1 Å². The monoisotopic (exact) mass is 240 g/mol. The Morgan fingerprint density at radius 1 is 1.59 bits per heavy atom. The Morgan fingerprint density at radius 3 is 2.88 bits per heavy atom. The zero-order valence-corrected chi connectivity index (χ0v) is 10.0. The second-order valence-corrected chi connectivity index (χ2v) is 4.27. The Morgan fingerprint density at radius 2 is 2.29 bits per heavy atom. The number of amides is 1. The lowest BCUT2D eigenvalue weighted by Gasteiger charge is -2.19. The predicted molar refractivity (Wildman–Crippen MR) is 65.4 cm³/mol. The van der Waals surface area contributed by atoms with Gasteiger partial charge in [-0.1, -0.05) is 6.92 Å². The first-order valence-corrected chi connectivity index (χ1v) is 5.88. The minimum Gasteiger partial charge on any atom is -0.504 e. The van der Waals surface area contributed by atoms with Gasteiger partial charge in [0.2, 0.25) is 5.91 Å². The van der Waals surface area contributed by atoms with Crippen LogP contribution in [0.1, 0.15) is 26.2 Å². The lowest BCUT2D eigenvalue weighted by Crippen LogP contribution is -2.42. The van der Waals surface area contributed by atoms with Gasteiger partial charge in [-0.3, -0.25) is 4.79 Å². The first-order chi connectivity index (χ1) is 8.04. The molecule has 5 nitrogen and oxygen atoms in total. The zero-order valence-electron chi connectivity index (χ0n) is 10.0. The van der Waals surface area contributed by atoms with Crippen LogP contribution in [-0.2, 0) is 4.79 Å². The van der Waals surface area contributed by atoms with E-state index in [2.05, 4.69) is 5.32 Å². The van der Waals surface area contributed by atoms with Crippen LogP contribution in [0, 0.1) is 5.92 Å². The van der Waals surface area contributed by atoms with Gasteiger partial charge in [-0.2, -0.15) is 0 Å². The van der Waals surface area contributed by atoms with Crippen LogP contribution >= 0.6 is 0 Å². The molecular weight excluding hydrogens is 220 g/mol. The summed E-state index contributed by atoms with van der Waals surface area (Å²) < 4.78 is 0. The van der Waals surface area contributed by atoms with Gasteiger partial charge in [-0.05, 0) is 37.3 Å². The van der Waals surface area contributed by atoms with Gasteiger partial charge in [0.1, 0.15) is 0 Å². The van der Waals surface area contributed by atoms with E-state index in [9.17, 15) is 15.0 Å². The third kappa shape index (κ3) is 4.11. The topological polar surface area (TPSA) is 95.6 Å².